The Morgan fingerprint density at radius 1 is 0.442 bits per heavy atom. The van der Waals surface area contributed by atoms with Gasteiger partial charge >= 0.3 is 0 Å². The molecule has 0 saturated carbocycles. The summed E-state index contributed by atoms with van der Waals surface area (Å²) in [5.74, 6) is 0. The maximum atomic E-state index is 6.38. The second kappa shape index (κ2) is 34.7. The van der Waals surface area contributed by atoms with Crippen LogP contribution in [-0.2, 0) is 9.47 Å². The average Bonchev–Trinajstić information content (AvgIpc) is 3.55. The second-order valence-corrected chi connectivity index (χ2v) is 14.1. The summed E-state index contributed by atoms with van der Waals surface area (Å²) in [6.07, 6.45) is 43.7. The van der Waals surface area contributed by atoms with E-state index in [1.165, 1.54) is 212 Å². The molecule has 3 heteroatoms. The van der Waals surface area contributed by atoms with Crippen molar-refractivity contribution in [3.63, 3.8) is 0 Å². The van der Waals surface area contributed by atoms with E-state index in [-0.39, 0.29) is 6.10 Å². The summed E-state index contributed by atoms with van der Waals surface area (Å²) in [5.41, 5.74) is 0. The minimum absolute atomic E-state index is 0.286. The molecule has 0 aromatic carbocycles. The third-order valence-electron chi connectivity index (χ3n) is 9.76. The Morgan fingerprint density at radius 2 is 0.791 bits per heavy atom. The molecule has 1 saturated heterocycles. The van der Waals surface area contributed by atoms with E-state index in [0.717, 1.165) is 26.2 Å². The fourth-order valence-electron chi connectivity index (χ4n) is 6.71. The lowest BCUT2D eigenvalue weighted by molar-refractivity contribution is -0.0255. The number of hydrogen-bond donors (Lipinski definition) is 0. The highest BCUT2D eigenvalue weighted by Crippen LogP contribution is 2.15. The first kappa shape index (κ1) is 40.9. The summed E-state index contributed by atoms with van der Waals surface area (Å²) in [6, 6.07) is 0. The molecule has 0 N–H and O–H groups in total. The van der Waals surface area contributed by atoms with E-state index in [4.69, 9.17) is 9.47 Å². The van der Waals surface area contributed by atoms with E-state index in [1.807, 2.05) is 0 Å². The van der Waals surface area contributed by atoms with Crippen molar-refractivity contribution in [2.75, 3.05) is 39.5 Å². The van der Waals surface area contributed by atoms with Gasteiger partial charge in [-0.1, -0.05) is 181 Å². The molecule has 43 heavy (non-hydrogen) atoms. The van der Waals surface area contributed by atoms with Gasteiger partial charge in [-0.25, -0.2) is 0 Å². The SMILES string of the molecule is CCCCCCCCCCCCCCCCOCC(CCN1CCCC1)OCCCCCCCCCCCCCCCC. The molecule has 0 spiro atoms. The summed E-state index contributed by atoms with van der Waals surface area (Å²) in [6.45, 7) is 11.0. The van der Waals surface area contributed by atoms with Crippen LogP contribution in [-0.4, -0.2) is 50.5 Å². The smallest absolute Gasteiger partial charge is 0.0820 e. The van der Waals surface area contributed by atoms with Crippen molar-refractivity contribution in [3.8, 4) is 0 Å². The molecule has 3 nitrogen and oxygen atoms in total. The molecule has 1 unspecified atom stereocenters. The zero-order chi connectivity index (χ0) is 30.7. The maximum Gasteiger partial charge on any atom is 0.0820 e. The minimum atomic E-state index is 0.286. The van der Waals surface area contributed by atoms with Gasteiger partial charge in [0.1, 0.15) is 0 Å². The predicted molar refractivity (Wildman–Crippen MR) is 191 cm³/mol. The molecular formula is C40H81NO2. The van der Waals surface area contributed by atoms with Crippen LogP contribution in [0.2, 0.25) is 0 Å². The van der Waals surface area contributed by atoms with Crippen LogP contribution in [0.25, 0.3) is 0 Å². The van der Waals surface area contributed by atoms with Crippen molar-refractivity contribution in [2.24, 2.45) is 0 Å². The molecular weight excluding hydrogens is 526 g/mol. The topological polar surface area (TPSA) is 21.7 Å². The number of nitrogens with zero attached hydrogens (tertiary/aromatic N) is 1. The lowest BCUT2D eigenvalue weighted by Crippen LogP contribution is -2.28. The lowest BCUT2D eigenvalue weighted by atomic mass is 10.0. The van der Waals surface area contributed by atoms with Crippen LogP contribution in [0.3, 0.4) is 0 Å². The number of unbranched alkanes of at least 4 members (excludes halogenated alkanes) is 26. The molecule has 0 aliphatic carbocycles. The van der Waals surface area contributed by atoms with Crippen molar-refractivity contribution >= 4 is 0 Å². The highest BCUT2D eigenvalue weighted by molar-refractivity contribution is 4.69. The second-order valence-electron chi connectivity index (χ2n) is 14.1. The largest absolute Gasteiger partial charge is 0.379 e. The summed E-state index contributed by atoms with van der Waals surface area (Å²) >= 11 is 0. The normalized spacial score (nSPS) is 14.7. The molecule has 0 amide bonds. The number of ether oxygens (including phenoxy) is 2. The van der Waals surface area contributed by atoms with E-state index in [2.05, 4.69) is 18.7 Å². The highest BCUT2D eigenvalue weighted by Gasteiger charge is 2.15. The zero-order valence-electron chi connectivity index (χ0n) is 30.0. The van der Waals surface area contributed by atoms with Crippen LogP contribution in [0.4, 0.5) is 0 Å². The Balaban J connectivity index is 1.95. The molecule has 1 aliphatic rings. The Labute approximate surface area is 272 Å². The van der Waals surface area contributed by atoms with Gasteiger partial charge in [0.2, 0.25) is 0 Å². The first-order valence-electron chi connectivity index (χ1n) is 20.3. The summed E-state index contributed by atoms with van der Waals surface area (Å²) in [5, 5.41) is 0. The van der Waals surface area contributed by atoms with Crippen molar-refractivity contribution in [3.05, 3.63) is 0 Å². The van der Waals surface area contributed by atoms with Crippen LogP contribution in [0.5, 0.6) is 0 Å². The van der Waals surface area contributed by atoms with Crippen LogP contribution in [0.1, 0.15) is 213 Å². The van der Waals surface area contributed by atoms with Crippen molar-refractivity contribution in [2.45, 2.75) is 219 Å². The van der Waals surface area contributed by atoms with Crippen LogP contribution in [0.15, 0.2) is 0 Å². The molecule has 0 radical (unpaired) electrons. The monoisotopic (exact) mass is 608 g/mol. The van der Waals surface area contributed by atoms with E-state index >= 15 is 0 Å². The van der Waals surface area contributed by atoms with Gasteiger partial charge in [0, 0.05) is 19.8 Å². The van der Waals surface area contributed by atoms with Gasteiger partial charge < -0.3 is 14.4 Å². The summed E-state index contributed by atoms with van der Waals surface area (Å²) in [4.78, 5) is 2.62. The highest BCUT2D eigenvalue weighted by atomic mass is 16.5. The standard InChI is InChI=1S/C40H81NO2/c1-3-5-7-9-11-13-15-17-19-21-23-25-27-31-37-42-39-40(33-36-41-34-29-30-35-41)43-38-32-28-26-24-22-20-18-16-14-12-10-8-6-4-2/h40H,3-39H2,1-2H3. The molecule has 1 aliphatic heterocycles. The van der Waals surface area contributed by atoms with Gasteiger partial charge in [0.05, 0.1) is 12.7 Å². The van der Waals surface area contributed by atoms with Gasteiger partial charge in [-0.2, -0.15) is 0 Å². The molecule has 0 bridgehead atoms. The van der Waals surface area contributed by atoms with Gasteiger partial charge in [-0.05, 0) is 45.2 Å². The first-order valence-corrected chi connectivity index (χ1v) is 20.3. The zero-order valence-corrected chi connectivity index (χ0v) is 30.0. The first-order chi connectivity index (χ1) is 21.4. The Kier molecular flexibility index (Phi) is 33.1. The Bertz CT molecular complexity index is 507. The Hall–Kier alpha value is -0.120. The average molecular weight is 608 g/mol. The maximum absolute atomic E-state index is 6.38. The quantitative estimate of drug-likeness (QED) is 0.0661. The summed E-state index contributed by atoms with van der Waals surface area (Å²) < 4.78 is 12.5. The summed E-state index contributed by atoms with van der Waals surface area (Å²) in [7, 11) is 0. The third kappa shape index (κ3) is 30.3. The number of likely N-dealkylation sites (tertiary alicyclic amines) is 1. The van der Waals surface area contributed by atoms with Crippen LogP contribution < -0.4 is 0 Å². The molecule has 0 aromatic rings. The molecule has 1 heterocycles. The van der Waals surface area contributed by atoms with E-state index in [9.17, 15) is 0 Å². The fraction of sp³-hybridized carbons (Fsp3) is 1.00. The van der Waals surface area contributed by atoms with Crippen LogP contribution >= 0.6 is 0 Å². The molecule has 258 valence electrons. The number of hydrogen-bond acceptors (Lipinski definition) is 3. The van der Waals surface area contributed by atoms with Crippen molar-refractivity contribution in [1.82, 2.24) is 4.90 Å². The third-order valence-corrected chi connectivity index (χ3v) is 9.76. The van der Waals surface area contributed by atoms with Crippen molar-refractivity contribution in [1.29, 1.82) is 0 Å². The van der Waals surface area contributed by atoms with E-state index in [1.54, 1.807) is 0 Å². The molecule has 1 fully saturated rings. The molecule has 1 atom stereocenters. The minimum Gasteiger partial charge on any atom is -0.379 e. The van der Waals surface area contributed by atoms with Gasteiger partial charge in [0.25, 0.3) is 0 Å². The predicted octanol–water partition coefficient (Wildman–Crippen LogP) is 12.8. The van der Waals surface area contributed by atoms with E-state index in [0.29, 0.717) is 0 Å². The van der Waals surface area contributed by atoms with Gasteiger partial charge in [0.15, 0.2) is 0 Å². The lowest BCUT2D eigenvalue weighted by Gasteiger charge is -2.22. The van der Waals surface area contributed by atoms with Gasteiger partial charge in [-0.3, -0.25) is 0 Å². The van der Waals surface area contributed by atoms with E-state index < -0.39 is 0 Å². The van der Waals surface area contributed by atoms with Crippen LogP contribution in [0, 0.1) is 0 Å². The molecule has 1 rings (SSSR count). The molecule has 0 aromatic heterocycles. The Morgan fingerprint density at radius 3 is 1.19 bits per heavy atom. The van der Waals surface area contributed by atoms with Gasteiger partial charge in [-0.15, -0.1) is 0 Å². The number of rotatable bonds is 36. The fourth-order valence-corrected chi connectivity index (χ4v) is 6.71. The van der Waals surface area contributed by atoms with Crippen molar-refractivity contribution < 1.29 is 9.47 Å².